The first-order chi connectivity index (χ1) is 11.3. The summed E-state index contributed by atoms with van der Waals surface area (Å²) in [7, 11) is 1.69. The number of ether oxygens (including phenoxy) is 2. The van der Waals surface area contributed by atoms with E-state index in [0.717, 1.165) is 18.6 Å². The molecule has 0 aromatic heterocycles. The molecule has 1 saturated carbocycles. The van der Waals surface area contributed by atoms with Crippen molar-refractivity contribution < 1.29 is 47.0 Å². The molecule has 0 unspecified atom stereocenters. The average Bonchev–Trinajstić information content (AvgIpc) is 2.63. The maximum absolute atomic E-state index is 10.3. The zero-order valence-electron chi connectivity index (χ0n) is 14.0. The number of rotatable bonds is 5. The summed E-state index contributed by atoms with van der Waals surface area (Å²) in [6, 6.07) is 16.3. The Hall–Kier alpha value is -1.19. The van der Waals surface area contributed by atoms with E-state index in [1.54, 1.807) is 7.11 Å². The smallest absolute Gasteiger partial charge is 0.170 e. The molecule has 2 aromatic rings. The van der Waals surface area contributed by atoms with E-state index < -0.39 is 0 Å². The fourth-order valence-electron chi connectivity index (χ4n) is 3.70. The normalized spacial score (nSPS) is 15.9. The van der Waals surface area contributed by atoms with Crippen molar-refractivity contribution in [3.8, 4) is 11.5 Å². The van der Waals surface area contributed by atoms with Crippen LogP contribution in [0.25, 0.3) is 0 Å². The minimum atomic E-state index is 0. The van der Waals surface area contributed by atoms with Crippen molar-refractivity contribution in [1.29, 1.82) is 0 Å². The first-order valence-corrected chi connectivity index (χ1v) is 8.07. The van der Waals surface area contributed by atoms with Crippen molar-refractivity contribution in [1.82, 2.24) is 0 Å². The van der Waals surface area contributed by atoms with Gasteiger partial charge < -0.3 is 14.3 Å². The van der Waals surface area contributed by atoms with Crippen LogP contribution in [0.2, 0.25) is 0 Å². The predicted octanol–water partition coefficient (Wildman–Crippen LogP) is 4.39. The van der Waals surface area contributed by atoms with E-state index in [9.17, 15) is 4.79 Å². The van der Waals surface area contributed by atoms with Crippen LogP contribution in [0.4, 0.5) is 0 Å². The molecular weight excluding hydrogens is 377 g/mol. The van der Waals surface area contributed by atoms with Gasteiger partial charge in [-0.3, -0.25) is 0 Å². The molecule has 0 atom stereocenters. The van der Waals surface area contributed by atoms with Gasteiger partial charge in [-0.15, -0.1) is 12.1 Å². The third-order valence-corrected chi connectivity index (χ3v) is 4.92. The van der Waals surface area contributed by atoms with Gasteiger partial charge in [0, 0.05) is 38.1 Å². The van der Waals surface area contributed by atoms with Gasteiger partial charge in [-0.2, -0.15) is 0 Å². The number of methoxy groups -OCH3 is 1. The molecule has 0 saturated heterocycles. The van der Waals surface area contributed by atoms with Crippen molar-refractivity contribution in [2.24, 2.45) is 0 Å². The van der Waals surface area contributed by atoms with Crippen LogP contribution in [-0.2, 0) is 42.9 Å². The van der Waals surface area contributed by atoms with E-state index in [2.05, 4.69) is 24.3 Å². The monoisotopic (exact) mass is 398 g/mol. The SMILES string of the molecule is COc1ccc(C2(c3ccc(O[C-]=O)cc3)CCCCC2)cc1.[Y]. The zero-order chi connectivity index (χ0) is 16.1. The maximum Gasteiger partial charge on any atom is 0.170 e. The number of benzene rings is 2. The standard InChI is InChI=1S/C20H21O3.Y/c1-22-18-9-5-16(6-10-18)20(13-3-2-4-14-20)17-7-11-19(12-8-17)23-15-21;/h5-12H,2-4,13-14H2,1H3;/q-1;. The van der Waals surface area contributed by atoms with Gasteiger partial charge in [0.1, 0.15) is 5.75 Å². The molecule has 1 fully saturated rings. The maximum atomic E-state index is 10.3. The van der Waals surface area contributed by atoms with Crippen molar-refractivity contribution in [2.45, 2.75) is 37.5 Å². The van der Waals surface area contributed by atoms with E-state index in [1.165, 1.54) is 36.9 Å². The van der Waals surface area contributed by atoms with Gasteiger partial charge in [-0.25, -0.2) is 0 Å². The molecule has 0 amide bonds. The molecule has 4 heteroatoms. The summed E-state index contributed by atoms with van der Waals surface area (Å²) >= 11 is 0. The molecule has 123 valence electrons. The number of hydrogen-bond donors (Lipinski definition) is 0. The van der Waals surface area contributed by atoms with E-state index in [1.807, 2.05) is 24.3 Å². The van der Waals surface area contributed by atoms with Crippen molar-refractivity contribution in [2.75, 3.05) is 7.11 Å². The number of carbonyl (C=O) groups excluding carboxylic acids is 1. The molecule has 0 spiro atoms. The van der Waals surface area contributed by atoms with Crippen LogP contribution in [-0.4, -0.2) is 13.6 Å². The molecule has 1 aliphatic carbocycles. The summed E-state index contributed by atoms with van der Waals surface area (Å²) in [6.45, 7) is 1.47. The van der Waals surface area contributed by atoms with Gasteiger partial charge in [-0.1, -0.05) is 43.5 Å². The fourth-order valence-corrected chi connectivity index (χ4v) is 3.70. The second-order valence-electron chi connectivity index (χ2n) is 6.08. The number of hydrogen-bond acceptors (Lipinski definition) is 3. The Bertz CT molecular complexity index is 644. The largest absolute Gasteiger partial charge is 0.610 e. The first kappa shape index (κ1) is 19.1. The summed E-state index contributed by atoms with van der Waals surface area (Å²) in [6.07, 6.45) is 6.02. The van der Waals surface area contributed by atoms with Gasteiger partial charge in [0.25, 0.3) is 0 Å². The van der Waals surface area contributed by atoms with E-state index in [0.29, 0.717) is 5.75 Å². The van der Waals surface area contributed by atoms with E-state index >= 15 is 0 Å². The molecule has 0 bridgehead atoms. The third kappa shape index (κ3) is 3.89. The first-order valence-electron chi connectivity index (χ1n) is 8.07. The van der Waals surface area contributed by atoms with Gasteiger partial charge in [-0.05, 0) is 41.9 Å². The van der Waals surface area contributed by atoms with Gasteiger partial charge in [0.15, 0.2) is 6.47 Å². The van der Waals surface area contributed by atoms with Crippen LogP contribution < -0.4 is 9.47 Å². The van der Waals surface area contributed by atoms with Crippen LogP contribution in [0.3, 0.4) is 0 Å². The minimum Gasteiger partial charge on any atom is -0.610 e. The zero-order valence-corrected chi connectivity index (χ0v) is 16.8. The minimum absolute atomic E-state index is 0. The summed E-state index contributed by atoms with van der Waals surface area (Å²) in [5.41, 5.74) is 2.64. The molecule has 1 radical (unpaired) electrons. The quantitative estimate of drug-likeness (QED) is 0.701. The van der Waals surface area contributed by atoms with Crippen molar-refractivity contribution in [3.63, 3.8) is 0 Å². The second kappa shape index (κ2) is 8.78. The summed E-state index contributed by atoms with van der Waals surface area (Å²) in [4.78, 5) is 10.3. The van der Waals surface area contributed by atoms with E-state index in [4.69, 9.17) is 9.47 Å². The predicted molar refractivity (Wildman–Crippen MR) is 89.6 cm³/mol. The Kier molecular flexibility index (Phi) is 7.00. The Labute approximate surface area is 168 Å². The topological polar surface area (TPSA) is 35.5 Å². The van der Waals surface area contributed by atoms with Gasteiger partial charge in [0.2, 0.25) is 0 Å². The third-order valence-electron chi connectivity index (χ3n) is 4.92. The molecule has 2 aromatic carbocycles. The Morgan fingerprint density at radius 3 is 1.79 bits per heavy atom. The Morgan fingerprint density at radius 2 is 1.33 bits per heavy atom. The van der Waals surface area contributed by atoms with Crippen LogP contribution in [0.1, 0.15) is 43.2 Å². The molecule has 1 aliphatic rings. The molecule has 3 rings (SSSR count). The molecule has 0 N–H and O–H groups in total. The summed E-state index contributed by atoms with van der Waals surface area (Å²) < 4.78 is 10.1. The molecule has 0 aliphatic heterocycles. The van der Waals surface area contributed by atoms with Crippen LogP contribution in [0, 0.1) is 0 Å². The Balaban J connectivity index is 0.00000208. The van der Waals surface area contributed by atoms with Crippen molar-refractivity contribution >= 4 is 6.47 Å². The summed E-state index contributed by atoms with van der Waals surface area (Å²) in [5.74, 6) is 1.41. The average molecular weight is 398 g/mol. The Morgan fingerprint density at radius 1 is 0.833 bits per heavy atom. The van der Waals surface area contributed by atoms with Crippen molar-refractivity contribution in [3.05, 3.63) is 59.7 Å². The fraction of sp³-hybridized carbons (Fsp3) is 0.350. The molecule has 0 heterocycles. The molecule has 24 heavy (non-hydrogen) atoms. The summed E-state index contributed by atoms with van der Waals surface area (Å²) in [5, 5.41) is 0. The molecular formula is C20H21O3Y-. The van der Waals surface area contributed by atoms with Gasteiger partial charge in [0.05, 0.1) is 7.11 Å². The molecule has 3 nitrogen and oxygen atoms in total. The van der Waals surface area contributed by atoms with Crippen LogP contribution in [0.15, 0.2) is 48.5 Å². The van der Waals surface area contributed by atoms with Crippen LogP contribution >= 0.6 is 0 Å². The van der Waals surface area contributed by atoms with E-state index in [-0.39, 0.29) is 38.1 Å². The van der Waals surface area contributed by atoms with Gasteiger partial charge >= 0.3 is 0 Å². The second-order valence-corrected chi connectivity index (χ2v) is 6.08. The van der Waals surface area contributed by atoms with Crippen LogP contribution in [0.5, 0.6) is 11.5 Å².